The summed E-state index contributed by atoms with van der Waals surface area (Å²) in [6, 6.07) is 10.2. The van der Waals surface area contributed by atoms with E-state index in [1.807, 2.05) is 18.2 Å². The molecule has 1 saturated heterocycles. The van der Waals surface area contributed by atoms with Crippen molar-refractivity contribution in [3.63, 3.8) is 0 Å². The molecular formula is C24H37N7O. The Hall–Kier alpha value is -2.87. The fourth-order valence-corrected chi connectivity index (χ4v) is 3.77. The monoisotopic (exact) mass is 439 g/mol. The van der Waals surface area contributed by atoms with Gasteiger partial charge in [0.1, 0.15) is 5.75 Å². The second kappa shape index (κ2) is 12.9. The molecule has 8 heteroatoms. The van der Waals surface area contributed by atoms with Gasteiger partial charge in [-0.3, -0.25) is 9.89 Å². The number of anilines is 1. The van der Waals surface area contributed by atoms with E-state index in [0.29, 0.717) is 5.92 Å². The van der Waals surface area contributed by atoms with Gasteiger partial charge in [-0.05, 0) is 43.0 Å². The van der Waals surface area contributed by atoms with Crippen LogP contribution in [0.25, 0.3) is 0 Å². The molecule has 1 fully saturated rings. The van der Waals surface area contributed by atoms with Crippen molar-refractivity contribution >= 4 is 11.9 Å². The molecule has 0 aliphatic carbocycles. The lowest BCUT2D eigenvalue weighted by atomic mass is 9.98. The largest absolute Gasteiger partial charge is 0.497 e. The number of nitrogens with zero attached hydrogens (tertiary/aromatic N) is 5. The molecule has 1 unspecified atom stereocenters. The van der Waals surface area contributed by atoms with Crippen LogP contribution in [0.15, 0.2) is 47.7 Å². The summed E-state index contributed by atoms with van der Waals surface area (Å²) in [7, 11) is 1.70. The second-order valence-electron chi connectivity index (χ2n) is 8.03. The predicted molar refractivity (Wildman–Crippen MR) is 131 cm³/mol. The van der Waals surface area contributed by atoms with E-state index in [0.717, 1.165) is 76.4 Å². The summed E-state index contributed by atoms with van der Waals surface area (Å²) in [5.41, 5.74) is 1.32. The number of hydrogen-bond donors (Lipinski definition) is 2. The Labute approximate surface area is 192 Å². The van der Waals surface area contributed by atoms with Crippen LogP contribution >= 0.6 is 0 Å². The minimum atomic E-state index is 0.456. The van der Waals surface area contributed by atoms with Crippen LogP contribution in [0.2, 0.25) is 0 Å². The normalized spacial score (nSPS) is 16.0. The Morgan fingerprint density at radius 2 is 1.81 bits per heavy atom. The number of aromatic nitrogens is 2. The molecule has 0 saturated carbocycles. The number of hydrogen-bond acceptors (Lipinski definition) is 6. The van der Waals surface area contributed by atoms with Crippen LogP contribution in [-0.4, -0.2) is 80.3 Å². The molecule has 0 radical (unpaired) electrons. The Morgan fingerprint density at radius 3 is 2.47 bits per heavy atom. The van der Waals surface area contributed by atoms with E-state index in [4.69, 9.17) is 9.73 Å². The maximum Gasteiger partial charge on any atom is 0.225 e. The van der Waals surface area contributed by atoms with Gasteiger partial charge in [0.25, 0.3) is 0 Å². The lowest BCUT2D eigenvalue weighted by molar-refractivity contribution is 0.260. The number of methoxy groups -OCH3 is 1. The molecule has 174 valence electrons. The smallest absolute Gasteiger partial charge is 0.225 e. The van der Waals surface area contributed by atoms with Gasteiger partial charge in [0.05, 0.1) is 7.11 Å². The molecule has 2 aromatic rings. The van der Waals surface area contributed by atoms with E-state index >= 15 is 0 Å². The molecule has 8 nitrogen and oxygen atoms in total. The van der Waals surface area contributed by atoms with Crippen LogP contribution in [0.3, 0.4) is 0 Å². The van der Waals surface area contributed by atoms with Crippen molar-refractivity contribution in [3.05, 3.63) is 48.3 Å². The molecule has 1 aromatic carbocycles. The summed E-state index contributed by atoms with van der Waals surface area (Å²) in [5, 5.41) is 6.84. The molecule has 2 heterocycles. The molecule has 0 amide bonds. The van der Waals surface area contributed by atoms with Gasteiger partial charge in [0, 0.05) is 64.8 Å². The lowest BCUT2D eigenvalue weighted by Crippen LogP contribution is -2.49. The summed E-state index contributed by atoms with van der Waals surface area (Å²) >= 11 is 0. The highest BCUT2D eigenvalue weighted by Gasteiger charge is 2.18. The number of ether oxygens (including phenoxy) is 1. The number of benzene rings is 1. The van der Waals surface area contributed by atoms with Crippen LogP contribution in [0.5, 0.6) is 5.75 Å². The van der Waals surface area contributed by atoms with Crippen LogP contribution in [0.1, 0.15) is 31.7 Å². The zero-order valence-electron chi connectivity index (χ0n) is 19.6. The highest BCUT2D eigenvalue weighted by molar-refractivity contribution is 5.79. The minimum Gasteiger partial charge on any atom is -0.497 e. The average molecular weight is 440 g/mol. The number of nitrogens with one attached hydrogen (secondary N) is 2. The quantitative estimate of drug-likeness (QED) is 0.435. The molecule has 0 bridgehead atoms. The zero-order valence-corrected chi connectivity index (χ0v) is 19.6. The Kier molecular flexibility index (Phi) is 9.56. The summed E-state index contributed by atoms with van der Waals surface area (Å²) in [4.78, 5) is 18.2. The third kappa shape index (κ3) is 7.37. The molecule has 1 aromatic heterocycles. The maximum atomic E-state index is 5.25. The number of piperazine rings is 1. The number of guanidine groups is 1. The molecule has 3 rings (SSSR count). The highest BCUT2D eigenvalue weighted by atomic mass is 16.5. The Bertz CT molecular complexity index is 805. The fourth-order valence-electron chi connectivity index (χ4n) is 3.77. The van der Waals surface area contributed by atoms with Crippen molar-refractivity contribution in [2.45, 2.75) is 26.2 Å². The van der Waals surface area contributed by atoms with Gasteiger partial charge in [0.15, 0.2) is 5.96 Å². The third-order valence-electron chi connectivity index (χ3n) is 5.79. The van der Waals surface area contributed by atoms with Crippen molar-refractivity contribution in [1.82, 2.24) is 25.5 Å². The first-order valence-electron chi connectivity index (χ1n) is 11.6. The van der Waals surface area contributed by atoms with Crippen molar-refractivity contribution in [1.29, 1.82) is 0 Å². The van der Waals surface area contributed by atoms with E-state index in [9.17, 15) is 0 Å². The number of aliphatic imine (C=N–C) groups is 1. The van der Waals surface area contributed by atoms with Gasteiger partial charge in [-0.15, -0.1) is 0 Å². The Balaban J connectivity index is 1.37. The lowest BCUT2D eigenvalue weighted by Gasteiger charge is -2.34. The maximum absolute atomic E-state index is 5.25. The summed E-state index contributed by atoms with van der Waals surface area (Å²) < 4.78 is 5.25. The van der Waals surface area contributed by atoms with Gasteiger partial charge < -0.3 is 20.3 Å². The van der Waals surface area contributed by atoms with Crippen molar-refractivity contribution in [2.24, 2.45) is 4.99 Å². The second-order valence-corrected chi connectivity index (χ2v) is 8.03. The molecule has 0 spiro atoms. The van der Waals surface area contributed by atoms with Gasteiger partial charge in [-0.2, -0.15) is 0 Å². The molecule has 32 heavy (non-hydrogen) atoms. The van der Waals surface area contributed by atoms with Crippen molar-refractivity contribution < 1.29 is 4.74 Å². The molecule has 2 N–H and O–H groups in total. The van der Waals surface area contributed by atoms with E-state index in [2.05, 4.69) is 56.4 Å². The minimum absolute atomic E-state index is 0.456. The zero-order chi connectivity index (χ0) is 22.6. The summed E-state index contributed by atoms with van der Waals surface area (Å²) in [5.74, 6) is 3.08. The van der Waals surface area contributed by atoms with Crippen LogP contribution in [0.4, 0.5) is 5.95 Å². The topological polar surface area (TPSA) is 77.9 Å². The predicted octanol–water partition coefficient (Wildman–Crippen LogP) is 2.36. The van der Waals surface area contributed by atoms with Crippen molar-refractivity contribution in [2.75, 3.05) is 64.4 Å². The SMILES string of the molecule is CCNC(=NCCC(C)c1ccc(OC)cc1)NCCN1CCN(c2ncccn2)CC1. The summed E-state index contributed by atoms with van der Waals surface area (Å²) in [6.07, 6.45) is 4.61. The van der Waals surface area contributed by atoms with E-state index in [1.165, 1.54) is 5.56 Å². The number of rotatable bonds is 10. The third-order valence-corrected chi connectivity index (χ3v) is 5.79. The molecule has 1 aliphatic heterocycles. The average Bonchev–Trinajstić information content (AvgIpc) is 2.85. The van der Waals surface area contributed by atoms with Crippen molar-refractivity contribution in [3.8, 4) is 5.75 Å². The van der Waals surface area contributed by atoms with Crippen LogP contribution in [-0.2, 0) is 0 Å². The highest BCUT2D eigenvalue weighted by Crippen LogP contribution is 2.21. The van der Waals surface area contributed by atoms with Gasteiger partial charge >= 0.3 is 0 Å². The molecule has 1 aliphatic rings. The fraction of sp³-hybridized carbons (Fsp3) is 0.542. The first kappa shape index (κ1) is 23.8. The molecule has 1 atom stereocenters. The van der Waals surface area contributed by atoms with E-state index in [1.54, 1.807) is 19.5 Å². The first-order valence-corrected chi connectivity index (χ1v) is 11.6. The van der Waals surface area contributed by atoms with Crippen LogP contribution < -0.4 is 20.3 Å². The van der Waals surface area contributed by atoms with Crippen LogP contribution in [0, 0.1) is 0 Å². The summed E-state index contributed by atoms with van der Waals surface area (Å²) in [6.45, 7) is 11.8. The van der Waals surface area contributed by atoms with Gasteiger partial charge in [-0.1, -0.05) is 19.1 Å². The van der Waals surface area contributed by atoms with E-state index in [-0.39, 0.29) is 0 Å². The standard InChI is InChI=1S/C24H37N7O/c1-4-25-23(26-13-10-20(2)21-6-8-22(32-3)9-7-21)27-14-15-30-16-18-31(19-17-30)24-28-11-5-12-29-24/h5-9,11-12,20H,4,10,13-19H2,1-3H3,(H2,25,26,27). The molecular weight excluding hydrogens is 402 g/mol. The van der Waals surface area contributed by atoms with Gasteiger partial charge in [-0.25, -0.2) is 9.97 Å². The Morgan fingerprint density at radius 1 is 1.09 bits per heavy atom. The van der Waals surface area contributed by atoms with Gasteiger partial charge in [0.2, 0.25) is 5.95 Å². The van der Waals surface area contributed by atoms with E-state index < -0.39 is 0 Å². The first-order chi connectivity index (χ1) is 15.7.